The van der Waals surface area contributed by atoms with Gasteiger partial charge in [0.15, 0.2) is 6.21 Å². The summed E-state index contributed by atoms with van der Waals surface area (Å²) in [6, 6.07) is 24.8. The second kappa shape index (κ2) is 7.07. The molecule has 27 heavy (non-hydrogen) atoms. The third kappa shape index (κ3) is 2.97. The molecule has 1 aliphatic heterocycles. The Morgan fingerprint density at radius 2 is 1.70 bits per heavy atom. The van der Waals surface area contributed by atoms with Crippen molar-refractivity contribution >= 4 is 45.6 Å². The van der Waals surface area contributed by atoms with Gasteiger partial charge in [-0.2, -0.15) is 0 Å². The zero-order chi connectivity index (χ0) is 17.5. The lowest BCUT2D eigenvalue weighted by Gasteiger charge is -2.10. The first-order chi connectivity index (χ1) is 12.8. The number of hydrogen-bond acceptors (Lipinski definition) is 0. The molecule has 0 saturated carbocycles. The van der Waals surface area contributed by atoms with Crippen LogP contribution in [-0.2, 0) is 0 Å². The molecule has 3 aromatic carbocycles. The number of fused-ring (bicyclic) bond motifs is 2. The topological polar surface area (TPSA) is 29.8 Å². The van der Waals surface area contributed by atoms with E-state index < -0.39 is 0 Å². The first-order valence-corrected chi connectivity index (χ1v) is 8.95. The van der Waals surface area contributed by atoms with E-state index in [1.807, 2.05) is 30.3 Å². The highest BCUT2D eigenvalue weighted by molar-refractivity contribution is 6.31. The molecule has 0 bridgehead atoms. The Morgan fingerprint density at radius 1 is 0.889 bits per heavy atom. The summed E-state index contributed by atoms with van der Waals surface area (Å²) < 4.78 is 0. The van der Waals surface area contributed by atoms with Gasteiger partial charge >= 0.3 is 0 Å². The molecule has 0 radical (unpaired) electrons. The quantitative estimate of drug-likeness (QED) is 0.520. The second-order valence-electron chi connectivity index (χ2n) is 6.38. The van der Waals surface area contributed by atoms with E-state index in [0.29, 0.717) is 0 Å². The van der Waals surface area contributed by atoms with E-state index in [4.69, 9.17) is 11.6 Å². The van der Waals surface area contributed by atoms with E-state index in [1.165, 1.54) is 27.7 Å². The fraction of sp³-hybridized carbons (Fsp3) is 0. The summed E-state index contributed by atoms with van der Waals surface area (Å²) in [7, 11) is 0. The Kier molecular flexibility index (Phi) is 4.61. The summed E-state index contributed by atoms with van der Waals surface area (Å²) in [5.74, 6) is 0. The SMILES string of the molecule is Clc1cccc(/C(=C2/C=[NH+]c3ccccc32)c2c[nH]c3ccccc23)c1.[Cl-]. The third-order valence-corrected chi connectivity index (χ3v) is 5.07. The minimum absolute atomic E-state index is 0. The average molecular weight is 391 g/mol. The highest BCUT2D eigenvalue weighted by Gasteiger charge is 2.24. The minimum atomic E-state index is 0. The van der Waals surface area contributed by atoms with Crippen LogP contribution in [0.1, 0.15) is 16.7 Å². The number of hydrogen-bond donors (Lipinski definition) is 2. The Morgan fingerprint density at radius 3 is 2.59 bits per heavy atom. The molecule has 4 heteroatoms. The van der Waals surface area contributed by atoms with E-state index in [1.54, 1.807) is 0 Å². The molecule has 0 spiro atoms. The molecule has 2 nitrogen and oxygen atoms in total. The van der Waals surface area contributed by atoms with Crippen LogP contribution >= 0.6 is 11.6 Å². The molecule has 0 unspecified atom stereocenters. The predicted molar refractivity (Wildman–Crippen MR) is 109 cm³/mol. The van der Waals surface area contributed by atoms with Crippen LogP contribution in [0.2, 0.25) is 5.02 Å². The average Bonchev–Trinajstić information content (AvgIpc) is 3.28. The summed E-state index contributed by atoms with van der Waals surface area (Å²) in [6.07, 6.45) is 4.17. The minimum Gasteiger partial charge on any atom is -1.00 e. The lowest BCUT2D eigenvalue weighted by molar-refractivity contribution is -0.342. The van der Waals surface area contributed by atoms with Crippen molar-refractivity contribution in [2.75, 3.05) is 0 Å². The maximum absolute atomic E-state index is 6.32. The molecule has 2 heterocycles. The zero-order valence-electron chi connectivity index (χ0n) is 14.3. The lowest BCUT2D eigenvalue weighted by Crippen LogP contribution is -3.00. The third-order valence-electron chi connectivity index (χ3n) is 4.83. The number of allylic oxidation sites excluding steroid dienone is 1. The van der Waals surface area contributed by atoms with Crippen LogP contribution in [0.3, 0.4) is 0 Å². The monoisotopic (exact) mass is 390 g/mol. The number of rotatable bonds is 2. The second-order valence-corrected chi connectivity index (χ2v) is 6.82. The van der Waals surface area contributed by atoms with Gasteiger partial charge in [-0.05, 0) is 29.8 Å². The van der Waals surface area contributed by atoms with Crippen molar-refractivity contribution in [3.63, 3.8) is 0 Å². The first kappa shape index (κ1) is 17.6. The van der Waals surface area contributed by atoms with Crippen molar-refractivity contribution in [3.05, 3.63) is 101 Å². The van der Waals surface area contributed by atoms with Crippen molar-refractivity contribution < 1.29 is 17.4 Å². The molecule has 5 rings (SSSR count). The van der Waals surface area contributed by atoms with Crippen molar-refractivity contribution in [3.8, 4) is 0 Å². The lowest BCUT2D eigenvalue weighted by atomic mass is 9.90. The van der Waals surface area contributed by atoms with E-state index >= 15 is 0 Å². The van der Waals surface area contributed by atoms with Gasteiger partial charge in [0.25, 0.3) is 0 Å². The van der Waals surface area contributed by atoms with Gasteiger partial charge in [-0.25, -0.2) is 4.99 Å². The van der Waals surface area contributed by atoms with Gasteiger partial charge in [-0.3, -0.25) is 0 Å². The van der Waals surface area contributed by atoms with E-state index in [-0.39, 0.29) is 12.4 Å². The molecule has 2 N–H and O–H groups in total. The molecule has 0 fully saturated rings. The summed E-state index contributed by atoms with van der Waals surface area (Å²) in [5.41, 5.74) is 8.08. The van der Waals surface area contributed by atoms with Crippen molar-refractivity contribution in [2.45, 2.75) is 0 Å². The number of aromatic nitrogens is 1. The standard InChI is InChI=1S/C23H15ClN2.ClH/c24-16-7-5-6-15(12-16)23(19-13-25-21-10-3-1-8-17(19)21)20-14-26-22-11-4-2-9-18(20)22;/h1-14,25H;1H/b23-20+;. The highest BCUT2D eigenvalue weighted by atomic mass is 35.5. The molecule has 0 saturated heterocycles. The van der Waals surface area contributed by atoms with Gasteiger partial charge in [-0.1, -0.05) is 54.1 Å². The normalized spacial score (nSPS) is 14.1. The van der Waals surface area contributed by atoms with Gasteiger partial charge in [0, 0.05) is 39.3 Å². The number of aromatic amines is 1. The number of para-hydroxylation sites is 2. The molecule has 0 amide bonds. The van der Waals surface area contributed by atoms with Gasteiger partial charge in [0.1, 0.15) is 0 Å². The Hall–Kier alpha value is -2.81. The van der Waals surface area contributed by atoms with Gasteiger partial charge in [0.05, 0.1) is 11.1 Å². The Labute approximate surface area is 168 Å². The van der Waals surface area contributed by atoms with Crippen LogP contribution in [-0.4, -0.2) is 11.2 Å². The number of benzene rings is 3. The smallest absolute Gasteiger partial charge is 0.211 e. The summed E-state index contributed by atoms with van der Waals surface area (Å²) in [4.78, 5) is 6.80. The molecule has 4 aromatic rings. The number of halogens is 2. The van der Waals surface area contributed by atoms with Crippen molar-refractivity contribution in [2.24, 2.45) is 0 Å². The van der Waals surface area contributed by atoms with Crippen LogP contribution in [0.25, 0.3) is 22.0 Å². The van der Waals surface area contributed by atoms with Crippen LogP contribution < -0.4 is 17.4 Å². The Balaban J connectivity index is 0.00000180. The fourth-order valence-corrected chi connectivity index (χ4v) is 3.85. The highest BCUT2D eigenvalue weighted by Crippen LogP contribution is 2.37. The van der Waals surface area contributed by atoms with Gasteiger partial charge < -0.3 is 17.4 Å². The number of H-pyrrole nitrogens is 1. The molecule has 1 aliphatic rings. The molecular formula is C23H16Cl2N2. The Bertz CT molecular complexity index is 1200. The summed E-state index contributed by atoms with van der Waals surface area (Å²) in [6.45, 7) is 0. The van der Waals surface area contributed by atoms with Crippen LogP contribution in [0.15, 0.2) is 79.0 Å². The van der Waals surface area contributed by atoms with Crippen molar-refractivity contribution in [1.29, 1.82) is 0 Å². The van der Waals surface area contributed by atoms with E-state index in [0.717, 1.165) is 21.8 Å². The number of nitrogens with one attached hydrogen (secondary N) is 2. The first-order valence-electron chi connectivity index (χ1n) is 8.57. The van der Waals surface area contributed by atoms with E-state index in [2.05, 4.69) is 64.9 Å². The maximum Gasteiger partial charge on any atom is 0.211 e. The van der Waals surface area contributed by atoms with Crippen LogP contribution in [0.5, 0.6) is 0 Å². The molecule has 1 aromatic heterocycles. The van der Waals surface area contributed by atoms with Crippen LogP contribution in [0.4, 0.5) is 5.69 Å². The molecular weight excluding hydrogens is 375 g/mol. The van der Waals surface area contributed by atoms with Gasteiger partial charge in [-0.15, -0.1) is 0 Å². The zero-order valence-corrected chi connectivity index (χ0v) is 15.9. The van der Waals surface area contributed by atoms with Gasteiger partial charge in [0.2, 0.25) is 5.69 Å². The van der Waals surface area contributed by atoms with Crippen LogP contribution in [0, 0.1) is 0 Å². The summed E-state index contributed by atoms with van der Waals surface area (Å²) >= 11 is 6.32. The van der Waals surface area contributed by atoms with E-state index in [9.17, 15) is 0 Å². The van der Waals surface area contributed by atoms with Crippen molar-refractivity contribution in [1.82, 2.24) is 4.98 Å². The maximum atomic E-state index is 6.32. The fourth-order valence-electron chi connectivity index (χ4n) is 3.66. The molecule has 132 valence electrons. The molecule has 0 atom stereocenters. The largest absolute Gasteiger partial charge is 1.00 e. The predicted octanol–water partition coefficient (Wildman–Crippen LogP) is 1.58. The summed E-state index contributed by atoms with van der Waals surface area (Å²) in [5, 5.41) is 1.94. The molecule has 0 aliphatic carbocycles.